The lowest BCUT2D eigenvalue weighted by molar-refractivity contribution is -0.275. The van der Waals surface area contributed by atoms with Crippen LogP contribution >= 0.6 is 39.1 Å². The molecule has 70 heavy (non-hydrogen) atoms. The van der Waals surface area contributed by atoms with Gasteiger partial charge in [-0.25, -0.2) is 0 Å². The monoisotopic (exact) mass is 1060 g/mol. The van der Waals surface area contributed by atoms with Crippen molar-refractivity contribution < 1.29 is 32.8 Å². The van der Waals surface area contributed by atoms with Gasteiger partial charge in [0.25, 0.3) is 8.32 Å². The van der Waals surface area contributed by atoms with Gasteiger partial charge in [-0.15, -0.1) is 11.6 Å². The Bertz CT molecular complexity index is 2610. The van der Waals surface area contributed by atoms with Crippen molar-refractivity contribution in [3.8, 4) is 5.75 Å². The van der Waals surface area contributed by atoms with Crippen LogP contribution in [0.4, 0.5) is 0 Å². The number of halogens is 3. The van der Waals surface area contributed by atoms with Gasteiger partial charge >= 0.3 is 0 Å². The quantitative estimate of drug-likeness (QED) is 0.0495. The van der Waals surface area contributed by atoms with Crippen LogP contribution in [-0.2, 0) is 61.1 Å². The van der Waals surface area contributed by atoms with Crippen molar-refractivity contribution in [3.63, 3.8) is 0 Å². The van der Waals surface area contributed by atoms with Gasteiger partial charge in [0.15, 0.2) is 5.75 Å². The minimum atomic E-state index is -3.03. The Morgan fingerprint density at radius 3 is 1.44 bits per heavy atom. The molecule has 364 valence electrons. The molecule has 5 atom stereocenters. The molecule has 1 heterocycles. The molecule has 0 bridgehead atoms. The second-order valence-electron chi connectivity index (χ2n) is 18.5. The van der Waals surface area contributed by atoms with E-state index in [-0.39, 0.29) is 37.3 Å². The molecule has 7 aromatic carbocycles. The third-order valence-electron chi connectivity index (χ3n) is 12.6. The van der Waals surface area contributed by atoms with Crippen molar-refractivity contribution in [1.82, 2.24) is 0 Å². The zero-order valence-electron chi connectivity index (χ0n) is 39.9. The Morgan fingerprint density at radius 2 is 0.986 bits per heavy atom. The van der Waals surface area contributed by atoms with Crippen LogP contribution in [0.3, 0.4) is 0 Å². The summed E-state index contributed by atoms with van der Waals surface area (Å²) in [5.74, 6) is 0.688. The summed E-state index contributed by atoms with van der Waals surface area (Å²) >= 11 is 17.8. The molecule has 1 aliphatic heterocycles. The Hall–Kier alpha value is -4.62. The summed E-state index contributed by atoms with van der Waals surface area (Å²) in [6.45, 7) is 8.65. The summed E-state index contributed by atoms with van der Waals surface area (Å²) in [6.07, 6.45) is -3.40. The second kappa shape index (κ2) is 25.2. The van der Waals surface area contributed by atoms with E-state index in [1.54, 1.807) is 0 Å². The summed E-state index contributed by atoms with van der Waals surface area (Å²) in [5, 5.41) is 2.44. The third kappa shape index (κ3) is 12.7. The number of ether oxygens (including phenoxy) is 6. The minimum absolute atomic E-state index is 0.173. The van der Waals surface area contributed by atoms with E-state index in [2.05, 4.69) is 140 Å². The first-order valence-electron chi connectivity index (χ1n) is 23.8. The first kappa shape index (κ1) is 51.7. The van der Waals surface area contributed by atoms with Crippen molar-refractivity contribution >= 4 is 57.8 Å². The van der Waals surface area contributed by atoms with Crippen LogP contribution in [0.1, 0.15) is 60.3 Å². The van der Waals surface area contributed by atoms with Crippen molar-refractivity contribution in [1.29, 1.82) is 0 Å². The van der Waals surface area contributed by atoms with Crippen molar-refractivity contribution in [2.75, 3.05) is 19.1 Å². The van der Waals surface area contributed by atoms with Gasteiger partial charge in [0.05, 0.1) is 55.0 Å². The van der Waals surface area contributed by atoms with Crippen molar-refractivity contribution in [3.05, 3.63) is 231 Å². The summed E-state index contributed by atoms with van der Waals surface area (Å²) < 4.78 is 49.9. The highest BCUT2D eigenvalue weighted by atomic mass is 79.9. The van der Waals surface area contributed by atoms with Crippen LogP contribution in [0, 0.1) is 0 Å². The predicted molar refractivity (Wildman–Crippen MR) is 287 cm³/mol. The molecule has 11 heteroatoms. The fourth-order valence-electron chi connectivity index (χ4n) is 9.25. The molecule has 0 saturated carbocycles. The van der Waals surface area contributed by atoms with Crippen LogP contribution in [-0.4, -0.2) is 51.8 Å². The zero-order chi connectivity index (χ0) is 48.8. The Labute approximate surface area is 433 Å². The van der Waals surface area contributed by atoms with Crippen LogP contribution < -0.4 is 15.1 Å². The SMILES string of the molecule is CC(C)(C)[Si](OCc1cc([C@H]2O[C@H](COCc3ccccc3)[C@H](OCc3ccccc3)[C@H](OCc3ccccc3)[C@@H]2OCc2ccccc2)c(Br)c(OCCCl)c1Cl)(c1ccccc1)c1ccccc1. The van der Waals surface area contributed by atoms with E-state index >= 15 is 0 Å². The lowest BCUT2D eigenvalue weighted by Gasteiger charge is -2.47. The lowest BCUT2D eigenvalue weighted by atomic mass is 9.89. The van der Waals surface area contributed by atoms with Crippen molar-refractivity contribution in [2.45, 2.75) is 89.4 Å². The molecule has 1 aliphatic rings. The largest absolute Gasteiger partial charge is 0.490 e. The molecular formula is C59H61BrCl2O7Si. The first-order chi connectivity index (χ1) is 34.2. The van der Waals surface area contributed by atoms with Gasteiger partial charge < -0.3 is 32.8 Å². The summed E-state index contributed by atoms with van der Waals surface area (Å²) in [4.78, 5) is 0. The maximum absolute atomic E-state index is 7.54. The minimum Gasteiger partial charge on any atom is -0.490 e. The maximum Gasteiger partial charge on any atom is 0.261 e. The molecule has 0 spiro atoms. The van der Waals surface area contributed by atoms with Gasteiger partial charge in [-0.2, -0.15) is 0 Å². The summed E-state index contributed by atoms with van der Waals surface area (Å²) in [6, 6.07) is 63.8. The number of benzene rings is 7. The molecule has 0 aromatic heterocycles. The second-order valence-corrected chi connectivity index (χ2v) is 24.3. The predicted octanol–water partition coefficient (Wildman–Crippen LogP) is 13.2. The number of alkyl halides is 1. The van der Waals surface area contributed by atoms with Gasteiger partial charge in [0.1, 0.15) is 37.1 Å². The van der Waals surface area contributed by atoms with Crippen LogP contribution in [0.2, 0.25) is 10.1 Å². The fourth-order valence-corrected chi connectivity index (χ4v) is 14.9. The van der Waals surface area contributed by atoms with E-state index in [0.29, 0.717) is 35.1 Å². The van der Waals surface area contributed by atoms with Crippen LogP contribution in [0.25, 0.3) is 0 Å². The fraction of sp³-hybridized carbons (Fsp3) is 0.288. The average Bonchev–Trinajstić information content (AvgIpc) is 3.39. The van der Waals surface area contributed by atoms with E-state index < -0.39 is 38.8 Å². The Balaban J connectivity index is 1.26. The Morgan fingerprint density at radius 1 is 0.557 bits per heavy atom. The average molecular weight is 1060 g/mol. The van der Waals surface area contributed by atoms with Gasteiger partial charge in [-0.05, 0) is 65.2 Å². The normalized spacial score (nSPS) is 18.4. The molecule has 0 N–H and O–H groups in total. The molecule has 0 amide bonds. The summed E-state index contributed by atoms with van der Waals surface area (Å²) in [5.41, 5.74) is 5.55. The molecule has 7 aromatic rings. The van der Waals surface area contributed by atoms with E-state index in [1.807, 2.05) is 84.9 Å². The van der Waals surface area contributed by atoms with Gasteiger partial charge in [-0.1, -0.05) is 214 Å². The smallest absolute Gasteiger partial charge is 0.261 e. The standard InChI is InChI=1S/C59H61BrCl2O7Si/c1-59(2,3)70(48-30-18-8-19-31-48,49-32-20-9-21-33-49)68-41-47-36-50(52(60)56(53(47)62)64-35-34-61)54-57(66-39-45-26-14-6-15-27-45)58(67-40-46-28-16-7-17-29-46)55(65-38-44-24-12-5-13-25-44)51(69-54)42-63-37-43-22-10-4-11-23-43/h4-33,36,51,54-55,57-58H,34-35,37-42H2,1-3H3/t51-,54-,55+,57-,58+/m1/s1. The van der Waals surface area contributed by atoms with Gasteiger partial charge in [0, 0.05) is 5.56 Å². The van der Waals surface area contributed by atoms with E-state index in [9.17, 15) is 0 Å². The molecule has 8 rings (SSSR count). The highest BCUT2D eigenvalue weighted by molar-refractivity contribution is 9.10. The van der Waals surface area contributed by atoms with Crippen LogP contribution in [0.5, 0.6) is 5.75 Å². The molecule has 1 saturated heterocycles. The number of hydrogen-bond donors (Lipinski definition) is 0. The maximum atomic E-state index is 7.54. The number of hydrogen-bond acceptors (Lipinski definition) is 7. The van der Waals surface area contributed by atoms with E-state index in [1.165, 1.54) is 0 Å². The molecule has 0 aliphatic carbocycles. The summed E-state index contributed by atoms with van der Waals surface area (Å²) in [7, 11) is -3.03. The van der Waals surface area contributed by atoms with Gasteiger partial charge in [-0.3, -0.25) is 0 Å². The highest BCUT2D eigenvalue weighted by Crippen LogP contribution is 2.48. The van der Waals surface area contributed by atoms with E-state index in [4.69, 9.17) is 56.0 Å². The molecular weight excluding hydrogens is 1000 g/mol. The number of rotatable bonds is 22. The molecule has 1 fully saturated rings. The van der Waals surface area contributed by atoms with E-state index in [0.717, 1.165) is 43.8 Å². The topological polar surface area (TPSA) is 64.6 Å². The molecule has 0 unspecified atom stereocenters. The highest BCUT2D eigenvalue weighted by Gasteiger charge is 2.52. The lowest BCUT2D eigenvalue weighted by Crippen LogP contribution is -2.66. The molecule has 0 radical (unpaired) electrons. The van der Waals surface area contributed by atoms with Crippen molar-refractivity contribution in [2.24, 2.45) is 0 Å². The van der Waals surface area contributed by atoms with Gasteiger partial charge in [0.2, 0.25) is 0 Å². The molecule has 7 nitrogen and oxygen atoms in total. The third-order valence-corrected chi connectivity index (χ3v) is 19.0. The zero-order valence-corrected chi connectivity index (χ0v) is 44.0. The first-order valence-corrected chi connectivity index (χ1v) is 27.5. The Kier molecular flexibility index (Phi) is 18.6. The van der Waals surface area contributed by atoms with Crippen LogP contribution in [0.15, 0.2) is 193 Å².